The number of halogens is 24. The predicted molar refractivity (Wildman–Crippen MR) is 305 cm³/mol. The van der Waals surface area contributed by atoms with Crippen molar-refractivity contribution < 1.29 is 105 Å². The highest BCUT2D eigenvalue weighted by Crippen LogP contribution is 2.49. The molecule has 9 aromatic carbocycles. The molecule has 0 aliphatic rings. The van der Waals surface area contributed by atoms with Crippen molar-refractivity contribution in [1.82, 2.24) is 14.1 Å². The van der Waals surface area contributed by atoms with Crippen LogP contribution in [0, 0.1) is 11.3 Å². The molecule has 3 heterocycles. The summed E-state index contributed by atoms with van der Waals surface area (Å²) in [5.74, 6) is 0. The Morgan fingerprint density at radius 1 is 0.260 bits per heavy atom. The maximum atomic E-state index is 14.5. The summed E-state index contributed by atoms with van der Waals surface area (Å²) in [4.78, 5) is 4.48. The number of benzene rings is 9. The first-order chi connectivity index (χ1) is 44.5. The molecule has 0 N–H and O–H groups in total. The minimum absolute atomic E-state index is 0.0234. The summed E-state index contributed by atoms with van der Waals surface area (Å²) in [5, 5.41) is 10.5. The molecule has 4 nitrogen and oxygen atoms in total. The van der Waals surface area contributed by atoms with Crippen molar-refractivity contribution in [3.63, 3.8) is 0 Å². The fourth-order valence-corrected chi connectivity index (χ4v) is 11.6. The second-order valence-corrected chi connectivity index (χ2v) is 22.0. The molecule has 490 valence electrons. The highest BCUT2D eigenvalue weighted by Gasteiger charge is 2.42. The Balaban J connectivity index is 1.25. The Bertz CT molecular complexity index is 4510. The van der Waals surface area contributed by atoms with Crippen molar-refractivity contribution in [2.24, 2.45) is 0 Å². The number of alkyl halides is 24. The zero-order valence-corrected chi connectivity index (χ0v) is 47.2. The van der Waals surface area contributed by atoms with Crippen LogP contribution < -0.4 is 0 Å². The first kappa shape index (κ1) is 65.6. The number of aromatic nitrogens is 3. The van der Waals surface area contributed by atoms with Crippen LogP contribution in [0.25, 0.3) is 111 Å². The maximum Gasteiger partial charge on any atom is 0.416 e. The molecule has 3 aromatic heterocycles. The lowest BCUT2D eigenvalue weighted by molar-refractivity contribution is -0.144. The van der Waals surface area contributed by atoms with E-state index in [2.05, 4.69) is 4.98 Å². The molecule has 28 heteroatoms. The van der Waals surface area contributed by atoms with Crippen LogP contribution in [0.5, 0.6) is 0 Å². The number of rotatable bonds is 7. The van der Waals surface area contributed by atoms with Gasteiger partial charge in [0.2, 0.25) is 0 Å². The Hall–Kier alpha value is -10.5. The van der Waals surface area contributed by atoms with Crippen molar-refractivity contribution in [2.75, 3.05) is 0 Å². The second kappa shape index (κ2) is 22.3. The summed E-state index contributed by atoms with van der Waals surface area (Å²) in [6.07, 6.45) is -41.1. The Morgan fingerprint density at radius 3 is 0.719 bits per heavy atom. The van der Waals surface area contributed by atoms with Crippen molar-refractivity contribution in [3.8, 4) is 73.1 Å². The van der Waals surface area contributed by atoms with E-state index in [0.717, 1.165) is 60.9 Å². The van der Waals surface area contributed by atoms with E-state index in [1.165, 1.54) is 57.7 Å². The van der Waals surface area contributed by atoms with E-state index in [1.807, 2.05) is 6.07 Å². The fourth-order valence-electron chi connectivity index (χ4n) is 11.6. The Morgan fingerprint density at radius 2 is 0.500 bits per heavy atom. The van der Waals surface area contributed by atoms with Gasteiger partial charge in [0.15, 0.2) is 0 Å². The molecule has 0 aliphatic carbocycles. The van der Waals surface area contributed by atoms with Gasteiger partial charge in [-0.1, -0.05) is 60.7 Å². The predicted octanol–water partition coefficient (Wildman–Crippen LogP) is 23.6. The molecule has 0 radical (unpaired) electrons. The molecular weight excluding hydrogens is 1330 g/mol. The van der Waals surface area contributed by atoms with Gasteiger partial charge in [-0.2, -0.15) is 111 Å². The highest BCUT2D eigenvalue weighted by atomic mass is 19.4. The van der Waals surface area contributed by atoms with Crippen molar-refractivity contribution in [2.45, 2.75) is 49.4 Å². The van der Waals surface area contributed by atoms with E-state index < -0.39 is 116 Å². The lowest BCUT2D eigenvalue weighted by atomic mass is 9.97. The molecule has 0 saturated heterocycles. The van der Waals surface area contributed by atoms with Gasteiger partial charge in [0, 0.05) is 27.1 Å². The van der Waals surface area contributed by atoms with Crippen LogP contribution in [0.2, 0.25) is 0 Å². The summed E-state index contributed by atoms with van der Waals surface area (Å²) < 4.78 is 349. The highest BCUT2D eigenvalue weighted by molar-refractivity contribution is 6.14. The number of pyridine rings is 1. The normalized spacial score (nSPS) is 13.2. The Labute approximate surface area is 521 Å². The average molecular weight is 1360 g/mol. The smallest absolute Gasteiger partial charge is 0.307 e. The lowest BCUT2D eigenvalue weighted by Crippen LogP contribution is -2.11. The molecule has 0 spiro atoms. The summed E-state index contributed by atoms with van der Waals surface area (Å²) >= 11 is 0. The summed E-state index contributed by atoms with van der Waals surface area (Å²) in [7, 11) is 0. The van der Waals surface area contributed by atoms with Gasteiger partial charge in [-0.15, -0.1) is 0 Å². The third-order valence-electron chi connectivity index (χ3n) is 15.9. The quantitative estimate of drug-likeness (QED) is 0.149. The zero-order valence-electron chi connectivity index (χ0n) is 47.2. The van der Waals surface area contributed by atoms with Gasteiger partial charge in [0.25, 0.3) is 0 Å². The van der Waals surface area contributed by atoms with Gasteiger partial charge >= 0.3 is 49.4 Å². The SMILES string of the molecule is N#Cc1cccc(-c2c(-n3c4cc(-c5cc(C(F)(F)F)cc(C(F)(F)F)c5)ccc4c4ccc(-c5cc(C(F)(F)F)cc(C(F)(F)F)c5)cc43)cncc2-n2c3cc(-c4cc(C(F)(F)F)cc(C(F)(F)F)c4)ccc3c3ccc(-c4cc(C(F)(F)F)cc(C(F)(F)F)c4)cc32)c1. The molecule has 0 bridgehead atoms. The summed E-state index contributed by atoms with van der Waals surface area (Å²) in [6.45, 7) is 0. The van der Waals surface area contributed by atoms with E-state index in [-0.39, 0.29) is 118 Å². The maximum absolute atomic E-state index is 14.5. The van der Waals surface area contributed by atoms with Crippen LogP contribution in [0.4, 0.5) is 105 Å². The van der Waals surface area contributed by atoms with Gasteiger partial charge in [-0.3, -0.25) is 4.98 Å². The first-order valence-electron chi connectivity index (χ1n) is 27.4. The largest absolute Gasteiger partial charge is 0.416 e. The molecule has 0 fully saturated rings. The minimum atomic E-state index is -5.40. The molecule has 12 rings (SSSR count). The molecule has 12 aromatic rings. The minimum Gasteiger partial charge on any atom is -0.307 e. The van der Waals surface area contributed by atoms with E-state index in [4.69, 9.17) is 0 Å². The van der Waals surface area contributed by atoms with Gasteiger partial charge < -0.3 is 9.13 Å². The molecule has 0 aliphatic heterocycles. The number of hydrogen-bond donors (Lipinski definition) is 0. The lowest BCUT2D eigenvalue weighted by Gasteiger charge is -2.20. The van der Waals surface area contributed by atoms with Crippen LogP contribution in [0.1, 0.15) is 50.1 Å². The third kappa shape index (κ3) is 12.3. The van der Waals surface area contributed by atoms with Crippen LogP contribution in [-0.2, 0) is 49.4 Å². The van der Waals surface area contributed by atoms with Crippen molar-refractivity contribution in [1.29, 1.82) is 5.26 Å². The van der Waals surface area contributed by atoms with Crippen LogP contribution in [0.15, 0.2) is 182 Å². The van der Waals surface area contributed by atoms with Gasteiger partial charge in [0.1, 0.15) is 0 Å². The van der Waals surface area contributed by atoms with Crippen LogP contribution in [0.3, 0.4) is 0 Å². The molecular formula is C68H30F24N4. The second-order valence-electron chi connectivity index (χ2n) is 22.0. The first-order valence-corrected chi connectivity index (χ1v) is 27.4. The molecule has 0 atom stereocenters. The van der Waals surface area contributed by atoms with Gasteiger partial charge in [-0.05, 0) is 159 Å². The molecule has 96 heavy (non-hydrogen) atoms. The van der Waals surface area contributed by atoms with E-state index in [1.54, 1.807) is 0 Å². The standard InChI is InChI=1S/C68H30F24N4/c69-61(70,71)42-13-38(14-43(25-42)62(72,73)74)33-4-8-50-51-9-5-34(39-15-44(63(75,76)77)26-45(16-39)64(78,79)80)22-55(51)95(54(50)21-33)58-30-94-31-59(60(58)37-3-1-2-32(12-37)29-93)96-56-23-35(40-17-46(65(81,82)83)27-47(18-40)66(84,85)86)6-10-52(56)53-11-7-36(24-57(53)96)41-19-48(67(87,88)89)28-49(20-41)68(90,91)92/h1-28,30-31H. The molecule has 0 unspecified atom stereocenters. The number of hydrogen-bond acceptors (Lipinski definition) is 2. The van der Waals surface area contributed by atoms with Gasteiger partial charge in [-0.25, -0.2) is 0 Å². The van der Waals surface area contributed by atoms with E-state index >= 15 is 0 Å². The average Bonchev–Trinajstić information content (AvgIpc) is 1.53. The number of nitriles is 1. The monoisotopic (exact) mass is 1360 g/mol. The van der Waals surface area contributed by atoms with Crippen molar-refractivity contribution >= 4 is 43.6 Å². The summed E-state index contributed by atoms with van der Waals surface area (Å²) in [6, 6.07) is 23.0. The fraction of sp³-hybridized carbons (Fsp3) is 0.118. The number of nitrogens with zero attached hydrogens (tertiary/aromatic N) is 4. The van der Waals surface area contributed by atoms with E-state index in [9.17, 15) is 111 Å². The van der Waals surface area contributed by atoms with Gasteiger partial charge in [0.05, 0.1) is 102 Å². The summed E-state index contributed by atoms with van der Waals surface area (Å²) in [5.41, 5.74) is -20.5. The third-order valence-corrected chi connectivity index (χ3v) is 15.9. The van der Waals surface area contributed by atoms with Crippen LogP contribution >= 0.6 is 0 Å². The zero-order chi connectivity index (χ0) is 69.5. The number of fused-ring (bicyclic) bond motifs is 6. The van der Waals surface area contributed by atoms with Crippen LogP contribution in [-0.4, -0.2) is 14.1 Å². The molecule has 0 amide bonds. The molecule has 0 saturated carbocycles. The Kier molecular flexibility index (Phi) is 15.3. The van der Waals surface area contributed by atoms with Crippen molar-refractivity contribution in [3.05, 3.63) is 232 Å². The topological polar surface area (TPSA) is 46.5 Å². The van der Waals surface area contributed by atoms with E-state index in [0.29, 0.717) is 48.5 Å².